The van der Waals surface area contributed by atoms with Gasteiger partial charge in [0.2, 0.25) is 0 Å². The summed E-state index contributed by atoms with van der Waals surface area (Å²) in [7, 11) is 4.07. The van der Waals surface area contributed by atoms with Gasteiger partial charge in [0.25, 0.3) is 5.91 Å². The molecule has 2 aromatic heterocycles. The van der Waals surface area contributed by atoms with Crippen LogP contribution in [0.1, 0.15) is 47.3 Å². The number of nitrogens with one attached hydrogen (secondary N) is 1. The van der Waals surface area contributed by atoms with Gasteiger partial charge in [0.15, 0.2) is 0 Å². The Kier molecular flexibility index (Phi) is 7.55. The van der Waals surface area contributed by atoms with Crippen molar-refractivity contribution in [2.45, 2.75) is 44.8 Å². The molecule has 1 aromatic carbocycles. The molecule has 1 aliphatic carbocycles. The van der Waals surface area contributed by atoms with Gasteiger partial charge in [0.1, 0.15) is 23.0 Å². The Labute approximate surface area is 205 Å². The van der Waals surface area contributed by atoms with Crippen LogP contribution in [0.5, 0.6) is 0 Å². The van der Waals surface area contributed by atoms with Crippen LogP contribution in [0.2, 0.25) is 0 Å². The zero-order valence-corrected chi connectivity index (χ0v) is 21.0. The number of pyridine rings is 2. The quantitative estimate of drug-likeness (QED) is 0.511. The van der Waals surface area contributed by atoms with Gasteiger partial charge in [-0.05, 0) is 72.3 Å². The van der Waals surface area contributed by atoms with Crippen LogP contribution in [0.25, 0.3) is 11.3 Å². The van der Waals surface area contributed by atoms with Gasteiger partial charge in [-0.3, -0.25) is 9.78 Å². The molecule has 1 amide bonds. The Hall–Kier alpha value is -2.80. The van der Waals surface area contributed by atoms with Crippen molar-refractivity contribution < 1.29 is 18.3 Å². The van der Waals surface area contributed by atoms with Crippen molar-refractivity contribution in [3.8, 4) is 11.3 Å². The van der Waals surface area contributed by atoms with E-state index >= 15 is 0 Å². The molecule has 1 fully saturated rings. The molecule has 1 saturated carbocycles. The van der Waals surface area contributed by atoms with Crippen LogP contribution < -0.4 is 16.4 Å². The summed E-state index contributed by atoms with van der Waals surface area (Å²) in [6, 6.07) is 7.17. The first-order chi connectivity index (χ1) is 16.7. The minimum Gasteiger partial charge on any atom is -0.380 e. The molecule has 4 rings (SSSR count). The van der Waals surface area contributed by atoms with Gasteiger partial charge >= 0.3 is 0 Å². The van der Waals surface area contributed by atoms with Crippen LogP contribution in [0.3, 0.4) is 0 Å². The van der Waals surface area contributed by atoms with Crippen molar-refractivity contribution in [1.82, 2.24) is 9.97 Å². The Balaban J connectivity index is 1.62. The highest BCUT2D eigenvalue weighted by Gasteiger charge is 2.35. The highest BCUT2D eigenvalue weighted by Crippen LogP contribution is 2.39. The summed E-state index contributed by atoms with van der Waals surface area (Å²) in [5.41, 5.74) is 8.28. The van der Waals surface area contributed by atoms with Crippen LogP contribution in [-0.4, -0.2) is 35.1 Å². The maximum Gasteiger partial charge on any atom is 0.274 e. The van der Waals surface area contributed by atoms with E-state index in [0.717, 1.165) is 18.1 Å². The summed E-state index contributed by atoms with van der Waals surface area (Å²) in [4.78, 5) is 21.5. The Morgan fingerprint density at radius 3 is 2.66 bits per heavy atom. The molecule has 184 valence electrons. The average Bonchev–Trinajstić information content (AvgIpc) is 2.79. The molecule has 5 atom stereocenters. The van der Waals surface area contributed by atoms with Gasteiger partial charge in [0.05, 0.1) is 18.0 Å². The molecule has 6 nitrogen and oxygen atoms in total. The predicted molar refractivity (Wildman–Crippen MR) is 136 cm³/mol. The lowest BCUT2D eigenvalue weighted by atomic mass is 9.74. The first-order valence-corrected chi connectivity index (χ1v) is 12.0. The predicted octanol–water partition coefficient (Wildman–Crippen LogP) is 4.34. The van der Waals surface area contributed by atoms with Crippen molar-refractivity contribution in [2.75, 3.05) is 12.4 Å². The SMILES string of the molecule is CO[C@@H]1[C@H](C)C[C@H](c2ccncc2NC(=O)c2ccc(F)c(-c3c(F)cc(C)cc3P)n2)C[C@@H]1N. The number of amides is 1. The second-order valence-corrected chi connectivity index (χ2v) is 9.79. The highest BCUT2D eigenvalue weighted by molar-refractivity contribution is 7.28. The maximum atomic E-state index is 14.7. The van der Waals surface area contributed by atoms with E-state index in [1.165, 1.54) is 12.1 Å². The number of ether oxygens (including phenoxy) is 1. The topological polar surface area (TPSA) is 90.1 Å². The van der Waals surface area contributed by atoms with Crippen molar-refractivity contribution in [3.05, 3.63) is 71.2 Å². The standard InChI is InChI=1S/C26H29F2N4O2P/c1-13-8-18(28)23(22(35)9-13)24-17(27)4-5-20(31-24)26(33)32-21-12-30-7-6-16(21)15-10-14(2)25(34-3)19(29)11-15/h4-9,12,14-15,19,25H,10-11,29,35H2,1-3H3,(H,32,33)/t14-,15+,19+,25-/m1/s1. The molecule has 35 heavy (non-hydrogen) atoms. The van der Waals surface area contributed by atoms with Crippen LogP contribution in [0, 0.1) is 24.5 Å². The summed E-state index contributed by atoms with van der Waals surface area (Å²) in [5.74, 6) is -1.50. The zero-order valence-electron chi connectivity index (χ0n) is 19.9. The van der Waals surface area contributed by atoms with E-state index in [2.05, 4.69) is 31.4 Å². The number of hydrogen-bond acceptors (Lipinski definition) is 5. The lowest BCUT2D eigenvalue weighted by Gasteiger charge is -2.38. The molecule has 1 aliphatic rings. The van der Waals surface area contributed by atoms with Crippen LogP contribution in [0.15, 0.2) is 42.7 Å². The van der Waals surface area contributed by atoms with E-state index in [0.29, 0.717) is 23.0 Å². The fourth-order valence-corrected chi connectivity index (χ4v) is 5.58. The average molecular weight is 499 g/mol. The number of rotatable bonds is 5. The number of aromatic nitrogens is 2. The smallest absolute Gasteiger partial charge is 0.274 e. The number of halogens is 2. The van der Waals surface area contributed by atoms with Crippen molar-refractivity contribution in [2.24, 2.45) is 11.7 Å². The van der Waals surface area contributed by atoms with E-state index in [-0.39, 0.29) is 40.9 Å². The van der Waals surface area contributed by atoms with Gasteiger partial charge in [0, 0.05) is 24.9 Å². The molecule has 3 N–H and O–H groups in total. The number of carbonyl (C=O) groups is 1. The minimum absolute atomic E-state index is 0.00712. The zero-order chi connectivity index (χ0) is 25.3. The Morgan fingerprint density at radius 1 is 1.20 bits per heavy atom. The van der Waals surface area contributed by atoms with Gasteiger partial charge in [-0.1, -0.05) is 13.0 Å². The number of hydrogen-bond donors (Lipinski definition) is 2. The summed E-state index contributed by atoms with van der Waals surface area (Å²) >= 11 is 0. The molecule has 0 aliphatic heterocycles. The van der Waals surface area contributed by atoms with E-state index < -0.39 is 17.5 Å². The van der Waals surface area contributed by atoms with E-state index in [1.54, 1.807) is 32.5 Å². The normalized spacial score (nSPS) is 22.1. The third kappa shape index (κ3) is 5.25. The highest BCUT2D eigenvalue weighted by atomic mass is 31.0. The van der Waals surface area contributed by atoms with Gasteiger partial charge in [-0.2, -0.15) is 0 Å². The lowest BCUT2D eigenvalue weighted by Crippen LogP contribution is -2.45. The fourth-order valence-electron chi connectivity index (χ4n) is 5.04. The second kappa shape index (κ2) is 10.4. The number of nitrogens with two attached hydrogens (primary N) is 1. The number of methoxy groups -OCH3 is 1. The third-order valence-corrected chi connectivity index (χ3v) is 7.05. The van der Waals surface area contributed by atoms with E-state index in [4.69, 9.17) is 10.5 Å². The number of carbonyl (C=O) groups excluding carboxylic acids is 1. The van der Waals surface area contributed by atoms with E-state index in [1.807, 2.05) is 6.07 Å². The molecule has 1 unspecified atom stereocenters. The summed E-state index contributed by atoms with van der Waals surface area (Å²) < 4.78 is 34.9. The number of anilines is 1. The summed E-state index contributed by atoms with van der Waals surface area (Å²) in [6.07, 6.45) is 4.80. The van der Waals surface area contributed by atoms with E-state index in [9.17, 15) is 13.6 Å². The second-order valence-electron chi connectivity index (χ2n) is 9.16. The molecule has 0 bridgehead atoms. The first kappa shape index (κ1) is 25.3. The van der Waals surface area contributed by atoms with Crippen LogP contribution in [-0.2, 0) is 4.74 Å². The monoisotopic (exact) mass is 498 g/mol. The number of aryl methyl sites for hydroxylation is 1. The van der Waals surface area contributed by atoms with Crippen molar-refractivity contribution in [3.63, 3.8) is 0 Å². The molecule has 9 heteroatoms. The van der Waals surface area contributed by atoms with Crippen molar-refractivity contribution in [1.29, 1.82) is 0 Å². The molecule has 0 spiro atoms. The first-order valence-electron chi connectivity index (χ1n) is 11.5. The van der Waals surface area contributed by atoms with Crippen LogP contribution >= 0.6 is 9.24 Å². The minimum atomic E-state index is -0.715. The Morgan fingerprint density at radius 2 is 1.97 bits per heavy atom. The fraction of sp³-hybridized carbons (Fsp3) is 0.346. The third-order valence-electron chi connectivity index (χ3n) is 6.59. The lowest BCUT2D eigenvalue weighted by molar-refractivity contribution is 0.00983. The largest absolute Gasteiger partial charge is 0.380 e. The number of nitrogens with zero attached hydrogens (tertiary/aromatic N) is 2. The number of benzene rings is 1. The van der Waals surface area contributed by atoms with Gasteiger partial charge in [-0.25, -0.2) is 13.8 Å². The molecule has 2 heterocycles. The van der Waals surface area contributed by atoms with Crippen molar-refractivity contribution >= 4 is 26.1 Å². The Bertz CT molecular complexity index is 1220. The molecule has 3 aromatic rings. The summed E-state index contributed by atoms with van der Waals surface area (Å²) in [5, 5.41) is 3.31. The molecule has 0 saturated heterocycles. The van der Waals surface area contributed by atoms with Gasteiger partial charge < -0.3 is 15.8 Å². The summed E-state index contributed by atoms with van der Waals surface area (Å²) in [6.45, 7) is 3.85. The van der Waals surface area contributed by atoms with Gasteiger partial charge in [-0.15, -0.1) is 9.24 Å². The maximum absolute atomic E-state index is 14.7. The van der Waals surface area contributed by atoms with Crippen LogP contribution in [0.4, 0.5) is 14.5 Å². The molecular weight excluding hydrogens is 469 g/mol. The molecular formula is C26H29F2N4O2P. The molecule has 0 radical (unpaired) electrons.